The van der Waals surface area contributed by atoms with Crippen LogP contribution in [0, 0.1) is 6.92 Å². The molecule has 78 valence electrons. The molecule has 0 fully saturated rings. The van der Waals surface area contributed by atoms with Gasteiger partial charge in [0.05, 0.1) is 0 Å². The molecule has 0 unspecified atom stereocenters. The van der Waals surface area contributed by atoms with E-state index in [1.54, 1.807) is 0 Å². The zero-order chi connectivity index (χ0) is 10.9. The first-order valence-corrected chi connectivity index (χ1v) is 4.68. The molecule has 0 spiro atoms. The minimum Gasteiger partial charge on any atom is -0.383 e. The van der Waals surface area contributed by atoms with Gasteiger partial charge in [0, 0.05) is 18.0 Å². The van der Waals surface area contributed by atoms with Crippen molar-refractivity contribution in [2.45, 2.75) is 33.1 Å². The summed E-state index contributed by atoms with van der Waals surface area (Å²) in [5, 5.41) is 3.02. The summed E-state index contributed by atoms with van der Waals surface area (Å²) in [5.41, 5.74) is 6.63. The lowest BCUT2D eigenvalue weighted by molar-refractivity contribution is 0.546. The molecule has 0 radical (unpaired) electrons. The Kier molecular flexibility index (Phi) is 2.64. The molecule has 1 rings (SSSR count). The Morgan fingerprint density at radius 2 is 1.79 bits per heavy atom. The van der Waals surface area contributed by atoms with Gasteiger partial charge in [-0.3, -0.25) is 0 Å². The summed E-state index contributed by atoms with van der Waals surface area (Å²) < 4.78 is 0. The Morgan fingerprint density at radius 3 is 2.21 bits per heavy atom. The Hall–Kier alpha value is -1.32. The first-order valence-electron chi connectivity index (χ1n) is 4.68. The fourth-order valence-electron chi connectivity index (χ4n) is 1.11. The molecule has 1 aromatic heterocycles. The van der Waals surface area contributed by atoms with Gasteiger partial charge in [-0.05, 0) is 6.92 Å². The lowest BCUT2D eigenvalue weighted by atomic mass is 9.95. The van der Waals surface area contributed by atoms with Gasteiger partial charge < -0.3 is 11.1 Å². The Balaban J connectivity index is 3.30. The van der Waals surface area contributed by atoms with Gasteiger partial charge in [0.25, 0.3) is 0 Å². The van der Waals surface area contributed by atoms with Crippen LogP contribution in [-0.2, 0) is 5.41 Å². The molecule has 4 nitrogen and oxygen atoms in total. The van der Waals surface area contributed by atoms with E-state index in [9.17, 15) is 0 Å². The van der Waals surface area contributed by atoms with Crippen molar-refractivity contribution in [3.8, 4) is 0 Å². The summed E-state index contributed by atoms with van der Waals surface area (Å²) in [6, 6.07) is 0. The van der Waals surface area contributed by atoms with E-state index in [1.807, 2.05) is 14.0 Å². The zero-order valence-corrected chi connectivity index (χ0v) is 9.47. The third-order valence-corrected chi connectivity index (χ3v) is 2.09. The van der Waals surface area contributed by atoms with Crippen LogP contribution in [0.2, 0.25) is 0 Å². The van der Waals surface area contributed by atoms with Gasteiger partial charge in [-0.25, -0.2) is 9.97 Å². The molecular formula is C10H18N4. The van der Waals surface area contributed by atoms with E-state index in [0.29, 0.717) is 5.82 Å². The van der Waals surface area contributed by atoms with Crippen molar-refractivity contribution in [2.24, 2.45) is 0 Å². The number of nitrogens with two attached hydrogens (primary N) is 1. The second kappa shape index (κ2) is 3.44. The number of hydrogen-bond acceptors (Lipinski definition) is 4. The van der Waals surface area contributed by atoms with Crippen LogP contribution in [-0.4, -0.2) is 17.0 Å². The smallest absolute Gasteiger partial charge is 0.138 e. The van der Waals surface area contributed by atoms with Gasteiger partial charge in [-0.2, -0.15) is 0 Å². The van der Waals surface area contributed by atoms with E-state index < -0.39 is 0 Å². The summed E-state index contributed by atoms with van der Waals surface area (Å²) >= 11 is 0. The van der Waals surface area contributed by atoms with Crippen molar-refractivity contribution in [1.29, 1.82) is 0 Å². The molecule has 0 aliphatic heterocycles. The van der Waals surface area contributed by atoms with Crippen molar-refractivity contribution in [3.05, 3.63) is 11.4 Å². The number of anilines is 2. The van der Waals surface area contributed by atoms with Crippen molar-refractivity contribution >= 4 is 11.6 Å². The van der Waals surface area contributed by atoms with Crippen LogP contribution >= 0.6 is 0 Å². The largest absolute Gasteiger partial charge is 0.383 e. The van der Waals surface area contributed by atoms with Gasteiger partial charge in [0.2, 0.25) is 0 Å². The zero-order valence-electron chi connectivity index (χ0n) is 9.47. The minimum absolute atomic E-state index is 0.0760. The standard InChI is InChI=1S/C10H18N4/c1-6-7(11)13-9(10(2,3)4)14-8(6)12-5/h1-5H3,(H3,11,12,13,14). The topological polar surface area (TPSA) is 63.8 Å². The van der Waals surface area contributed by atoms with Crippen molar-refractivity contribution in [3.63, 3.8) is 0 Å². The molecule has 0 saturated heterocycles. The quantitative estimate of drug-likeness (QED) is 0.714. The van der Waals surface area contributed by atoms with E-state index >= 15 is 0 Å². The molecule has 1 heterocycles. The summed E-state index contributed by atoms with van der Waals surface area (Å²) in [6.45, 7) is 8.11. The van der Waals surface area contributed by atoms with Gasteiger partial charge in [0.1, 0.15) is 17.5 Å². The Labute approximate surface area is 85.0 Å². The highest BCUT2D eigenvalue weighted by Crippen LogP contribution is 2.24. The monoisotopic (exact) mass is 194 g/mol. The molecule has 14 heavy (non-hydrogen) atoms. The van der Waals surface area contributed by atoms with E-state index in [0.717, 1.165) is 17.2 Å². The van der Waals surface area contributed by atoms with E-state index in [4.69, 9.17) is 5.73 Å². The highest BCUT2D eigenvalue weighted by molar-refractivity contribution is 5.54. The Bertz CT molecular complexity index is 339. The maximum atomic E-state index is 5.80. The summed E-state index contributed by atoms with van der Waals surface area (Å²) in [7, 11) is 1.83. The van der Waals surface area contributed by atoms with Crippen LogP contribution in [0.1, 0.15) is 32.2 Å². The summed E-state index contributed by atoms with van der Waals surface area (Å²) in [4.78, 5) is 8.70. The van der Waals surface area contributed by atoms with E-state index in [1.165, 1.54) is 0 Å². The van der Waals surface area contributed by atoms with Crippen LogP contribution < -0.4 is 11.1 Å². The SMILES string of the molecule is CNc1nc(C(C)(C)C)nc(N)c1C. The summed E-state index contributed by atoms with van der Waals surface area (Å²) in [5.74, 6) is 2.13. The van der Waals surface area contributed by atoms with Gasteiger partial charge in [-0.15, -0.1) is 0 Å². The predicted octanol–water partition coefficient (Wildman–Crippen LogP) is 1.71. The third kappa shape index (κ3) is 1.95. The Morgan fingerprint density at radius 1 is 1.21 bits per heavy atom. The maximum Gasteiger partial charge on any atom is 0.138 e. The fraction of sp³-hybridized carbons (Fsp3) is 0.600. The van der Waals surface area contributed by atoms with E-state index in [2.05, 4.69) is 36.1 Å². The highest BCUT2D eigenvalue weighted by atomic mass is 15.0. The van der Waals surface area contributed by atoms with Crippen LogP contribution in [0.25, 0.3) is 0 Å². The predicted molar refractivity (Wildman–Crippen MR) is 59.4 cm³/mol. The number of aromatic nitrogens is 2. The van der Waals surface area contributed by atoms with Crippen molar-refractivity contribution in [2.75, 3.05) is 18.1 Å². The normalized spacial score (nSPS) is 11.5. The van der Waals surface area contributed by atoms with Crippen molar-refractivity contribution in [1.82, 2.24) is 9.97 Å². The minimum atomic E-state index is -0.0760. The van der Waals surface area contributed by atoms with Crippen LogP contribution in [0.5, 0.6) is 0 Å². The number of nitrogen functional groups attached to an aromatic ring is 1. The van der Waals surface area contributed by atoms with Crippen LogP contribution in [0.3, 0.4) is 0 Å². The number of nitrogens with zero attached hydrogens (tertiary/aromatic N) is 2. The first kappa shape index (κ1) is 10.8. The molecule has 0 bridgehead atoms. The molecule has 0 aliphatic carbocycles. The van der Waals surface area contributed by atoms with Crippen LogP contribution in [0.15, 0.2) is 0 Å². The highest BCUT2D eigenvalue weighted by Gasteiger charge is 2.19. The molecule has 0 amide bonds. The van der Waals surface area contributed by atoms with Gasteiger partial charge in [0.15, 0.2) is 0 Å². The summed E-state index contributed by atoms with van der Waals surface area (Å²) in [6.07, 6.45) is 0. The molecule has 3 N–H and O–H groups in total. The maximum absolute atomic E-state index is 5.80. The second-order valence-corrected chi connectivity index (χ2v) is 4.41. The van der Waals surface area contributed by atoms with Crippen molar-refractivity contribution < 1.29 is 0 Å². The van der Waals surface area contributed by atoms with Gasteiger partial charge in [-0.1, -0.05) is 20.8 Å². The molecule has 4 heteroatoms. The molecule has 0 aliphatic rings. The van der Waals surface area contributed by atoms with Crippen LogP contribution in [0.4, 0.5) is 11.6 Å². The number of rotatable bonds is 1. The average Bonchev–Trinajstić information content (AvgIpc) is 2.07. The first-order chi connectivity index (χ1) is 6.36. The molecule has 1 aromatic rings. The molecule has 0 saturated carbocycles. The lowest BCUT2D eigenvalue weighted by Gasteiger charge is -2.19. The molecular weight excluding hydrogens is 176 g/mol. The lowest BCUT2D eigenvalue weighted by Crippen LogP contribution is -2.18. The third-order valence-electron chi connectivity index (χ3n) is 2.09. The van der Waals surface area contributed by atoms with Gasteiger partial charge >= 0.3 is 0 Å². The average molecular weight is 194 g/mol. The number of nitrogens with one attached hydrogen (secondary N) is 1. The second-order valence-electron chi connectivity index (χ2n) is 4.41. The van der Waals surface area contributed by atoms with E-state index in [-0.39, 0.29) is 5.41 Å². The fourth-order valence-corrected chi connectivity index (χ4v) is 1.11. The molecule has 0 atom stereocenters. The molecule has 0 aromatic carbocycles. The number of hydrogen-bond donors (Lipinski definition) is 2.